The van der Waals surface area contributed by atoms with E-state index in [1.807, 2.05) is 30.3 Å². The molecule has 1 fully saturated rings. The van der Waals surface area contributed by atoms with Crippen LogP contribution in [0.4, 0.5) is 4.79 Å². The van der Waals surface area contributed by atoms with Gasteiger partial charge in [-0.3, -0.25) is 4.79 Å². The van der Waals surface area contributed by atoms with Gasteiger partial charge in [-0.1, -0.05) is 36.4 Å². The van der Waals surface area contributed by atoms with Crippen molar-refractivity contribution in [3.8, 4) is 17.6 Å². The number of nitrogens with two attached hydrogens (primary N) is 1. The number of carbonyl (C=O) groups excluding carboxylic acids is 2. The van der Waals surface area contributed by atoms with Crippen LogP contribution in [0.15, 0.2) is 71.3 Å². The molecule has 0 radical (unpaired) electrons. The van der Waals surface area contributed by atoms with Gasteiger partial charge < -0.3 is 29.6 Å². The first-order valence-corrected chi connectivity index (χ1v) is 12.1. The number of morpholine rings is 1. The number of benzene rings is 2. The average molecular weight is 502 g/mol. The molecule has 2 aromatic rings. The molecule has 0 bridgehead atoms. The zero-order valence-corrected chi connectivity index (χ0v) is 20.4. The number of allylic oxidation sites excluding steroid dienone is 3. The van der Waals surface area contributed by atoms with Crippen LogP contribution in [0.2, 0.25) is 0 Å². The van der Waals surface area contributed by atoms with Crippen molar-refractivity contribution in [1.29, 1.82) is 5.26 Å². The van der Waals surface area contributed by atoms with E-state index in [9.17, 15) is 14.9 Å². The fraction of sp³-hybridized carbons (Fsp3) is 0.321. The quantitative estimate of drug-likeness (QED) is 0.672. The second kappa shape index (κ2) is 10.4. The molecule has 190 valence electrons. The molecule has 9 heteroatoms. The fourth-order valence-electron chi connectivity index (χ4n) is 5.05. The highest BCUT2D eigenvalue weighted by atomic mass is 16.6. The van der Waals surface area contributed by atoms with Gasteiger partial charge in [-0.2, -0.15) is 5.26 Å². The standard InChI is InChI=1S/C28H27N3O6/c1-34-23-14-18(7-8-22(23)37-28(33)31-9-11-35-12-10-31)25-20(16-29)27(30)36-24-15-19(13-21(32)26(24)25)17-5-3-2-4-6-17/h2-8,14,19,25H,9-13,15,30H2,1H3. The number of carbonyl (C=O) groups is 2. The van der Waals surface area contributed by atoms with Crippen molar-refractivity contribution in [2.24, 2.45) is 5.73 Å². The van der Waals surface area contributed by atoms with Gasteiger partial charge in [-0.25, -0.2) is 4.79 Å². The molecule has 5 rings (SSSR count). The summed E-state index contributed by atoms with van der Waals surface area (Å²) in [7, 11) is 1.46. The molecule has 37 heavy (non-hydrogen) atoms. The van der Waals surface area contributed by atoms with E-state index >= 15 is 0 Å². The Hall–Kier alpha value is -4.29. The van der Waals surface area contributed by atoms with Crippen LogP contribution < -0.4 is 15.2 Å². The Balaban J connectivity index is 1.48. The molecule has 1 saturated heterocycles. The summed E-state index contributed by atoms with van der Waals surface area (Å²) in [5.74, 6) is 0.148. The number of nitriles is 1. The lowest BCUT2D eigenvalue weighted by molar-refractivity contribution is -0.117. The number of ketones is 1. The van der Waals surface area contributed by atoms with E-state index in [1.165, 1.54) is 7.11 Å². The summed E-state index contributed by atoms with van der Waals surface area (Å²) in [6, 6.07) is 16.9. The van der Waals surface area contributed by atoms with Crippen molar-refractivity contribution in [2.45, 2.75) is 24.7 Å². The number of nitrogens with zero attached hydrogens (tertiary/aromatic N) is 2. The van der Waals surface area contributed by atoms with Gasteiger partial charge in [0, 0.05) is 31.5 Å². The number of Topliss-reactive ketones (excluding diaryl/α,β-unsaturated/α-hetero) is 1. The van der Waals surface area contributed by atoms with Crippen molar-refractivity contribution >= 4 is 11.9 Å². The van der Waals surface area contributed by atoms with E-state index in [-0.39, 0.29) is 28.9 Å². The number of hydrogen-bond acceptors (Lipinski definition) is 8. The van der Waals surface area contributed by atoms with Crippen LogP contribution in [0.1, 0.15) is 35.8 Å². The van der Waals surface area contributed by atoms with Gasteiger partial charge in [-0.15, -0.1) is 0 Å². The van der Waals surface area contributed by atoms with Gasteiger partial charge in [0.1, 0.15) is 17.4 Å². The van der Waals surface area contributed by atoms with E-state index in [1.54, 1.807) is 23.1 Å². The molecule has 2 N–H and O–H groups in total. The Morgan fingerprint density at radius 1 is 1.08 bits per heavy atom. The van der Waals surface area contributed by atoms with Crippen LogP contribution in [-0.2, 0) is 14.3 Å². The highest BCUT2D eigenvalue weighted by molar-refractivity contribution is 6.00. The first-order valence-electron chi connectivity index (χ1n) is 12.1. The minimum Gasteiger partial charge on any atom is -0.493 e. The van der Waals surface area contributed by atoms with Crippen molar-refractivity contribution in [2.75, 3.05) is 33.4 Å². The Morgan fingerprint density at radius 3 is 2.54 bits per heavy atom. The number of rotatable bonds is 4. The van der Waals surface area contributed by atoms with E-state index in [2.05, 4.69) is 6.07 Å². The van der Waals surface area contributed by atoms with Crippen LogP contribution in [-0.4, -0.2) is 50.2 Å². The summed E-state index contributed by atoms with van der Waals surface area (Å²) in [5, 5.41) is 9.93. The topological polar surface area (TPSA) is 124 Å². The Bertz CT molecular complexity index is 1320. The summed E-state index contributed by atoms with van der Waals surface area (Å²) in [6.07, 6.45) is 0.294. The predicted octanol–water partition coefficient (Wildman–Crippen LogP) is 3.73. The van der Waals surface area contributed by atoms with Crippen molar-refractivity contribution in [3.63, 3.8) is 0 Å². The third kappa shape index (κ3) is 4.76. The van der Waals surface area contributed by atoms with Crippen molar-refractivity contribution < 1.29 is 28.5 Å². The minimum absolute atomic E-state index is 0.0189. The maximum absolute atomic E-state index is 13.5. The zero-order valence-electron chi connectivity index (χ0n) is 20.4. The Kier molecular flexibility index (Phi) is 6.84. The lowest BCUT2D eigenvalue weighted by Gasteiger charge is -2.34. The third-order valence-corrected chi connectivity index (χ3v) is 6.92. The summed E-state index contributed by atoms with van der Waals surface area (Å²) in [5.41, 5.74) is 8.42. The van der Waals surface area contributed by atoms with Crippen LogP contribution in [0.5, 0.6) is 11.5 Å². The molecule has 0 saturated carbocycles. The molecule has 9 nitrogen and oxygen atoms in total. The Morgan fingerprint density at radius 2 is 1.84 bits per heavy atom. The predicted molar refractivity (Wildman–Crippen MR) is 133 cm³/mol. The van der Waals surface area contributed by atoms with Crippen molar-refractivity contribution in [3.05, 3.63) is 82.4 Å². The van der Waals surface area contributed by atoms with Gasteiger partial charge in [0.2, 0.25) is 5.88 Å². The average Bonchev–Trinajstić information content (AvgIpc) is 2.93. The summed E-state index contributed by atoms with van der Waals surface area (Å²) in [6.45, 7) is 1.80. The van der Waals surface area contributed by atoms with Crippen LogP contribution in [0, 0.1) is 11.3 Å². The molecular formula is C28H27N3O6. The van der Waals surface area contributed by atoms with Gasteiger partial charge >= 0.3 is 6.09 Å². The number of methoxy groups -OCH3 is 1. The summed E-state index contributed by atoms with van der Waals surface area (Å²) < 4.78 is 22.2. The van der Waals surface area contributed by atoms with Crippen LogP contribution in [0.3, 0.4) is 0 Å². The van der Waals surface area contributed by atoms with Gasteiger partial charge in [0.05, 0.1) is 26.2 Å². The molecule has 2 unspecified atom stereocenters. The lowest BCUT2D eigenvalue weighted by atomic mass is 9.73. The number of hydrogen-bond donors (Lipinski definition) is 1. The SMILES string of the molecule is COc1cc(C2C(C#N)=C(N)OC3=C2C(=O)CC(c2ccccc2)C3)ccc1OC(=O)N1CCOCC1. The Labute approximate surface area is 214 Å². The molecule has 3 aliphatic rings. The molecule has 2 heterocycles. The lowest BCUT2D eigenvalue weighted by Crippen LogP contribution is -2.42. The van der Waals surface area contributed by atoms with E-state index in [4.69, 9.17) is 24.7 Å². The molecule has 0 spiro atoms. The van der Waals surface area contributed by atoms with E-state index < -0.39 is 12.0 Å². The fourth-order valence-corrected chi connectivity index (χ4v) is 5.05. The second-order valence-corrected chi connectivity index (χ2v) is 9.08. The molecule has 1 amide bonds. The van der Waals surface area contributed by atoms with Crippen LogP contribution in [0.25, 0.3) is 0 Å². The molecule has 2 atom stereocenters. The summed E-state index contributed by atoms with van der Waals surface area (Å²) >= 11 is 0. The molecule has 1 aliphatic carbocycles. The normalized spacial score (nSPS) is 21.6. The van der Waals surface area contributed by atoms with Gasteiger partial charge in [0.15, 0.2) is 17.3 Å². The molecule has 2 aromatic carbocycles. The van der Waals surface area contributed by atoms with Crippen LogP contribution >= 0.6 is 0 Å². The van der Waals surface area contributed by atoms with Gasteiger partial charge in [0.25, 0.3) is 0 Å². The second-order valence-electron chi connectivity index (χ2n) is 9.08. The third-order valence-electron chi connectivity index (χ3n) is 6.92. The highest BCUT2D eigenvalue weighted by Gasteiger charge is 2.41. The molecular weight excluding hydrogens is 474 g/mol. The smallest absolute Gasteiger partial charge is 0.415 e. The summed E-state index contributed by atoms with van der Waals surface area (Å²) in [4.78, 5) is 27.6. The maximum atomic E-state index is 13.5. The highest BCUT2D eigenvalue weighted by Crippen LogP contribution is 2.47. The first kappa shape index (κ1) is 24.4. The zero-order chi connectivity index (χ0) is 25.9. The maximum Gasteiger partial charge on any atom is 0.415 e. The minimum atomic E-state index is -0.712. The monoisotopic (exact) mass is 501 g/mol. The first-order chi connectivity index (χ1) is 18.0. The van der Waals surface area contributed by atoms with Gasteiger partial charge in [-0.05, 0) is 29.2 Å². The largest absolute Gasteiger partial charge is 0.493 e. The number of amides is 1. The van der Waals surface area contributed by atoms with E-state index in [0.29, 0.717) is 61.8 Å². The van der Waals surface area contributed by atoms with Crippen molar-refractivity contribution in [1.82, 2.24) is 4.90 Å². The molecule has 0 aromatic heterocycles. The molecule has 2 aliphatic heterocycles. The van der Waals surface area contributed by atoms with E-state index in [0.717, 1.165) is 5.56 Å². The number of ether oxygens (including phenoxy) is 4.